The Kier molecular flexibility index (Phi) is 5.60. The lowest BCUT2D eigenvalue weighted by atomic mass is 10.0. The number of esters is 1. The fourth-order valence-electron chi connectivity index (χ4n) is 3.03. The summed E-state index contributed by atoms with van der Waals surface area (Å²) in [5.41, 5.74) is 2.64. The molecule has 2 heterocycles. The number of halogens is 1. The smallest absolute Gasteiger partial charge is 0.338 e. The number of nitrogens with zero attached hydrogens (tertiary/aromatic N) is 3. The Morgan fingerprint density at radius 1 is 1.22 bits per heavy atom. The van der Waals surface area contributed by atoms with Crippen LogP contribution in [0.25, 0.3) is 0 Å². The van der Waals surface area contributed by atoms with Crippen LogP contribution >= 0.6 is 11.6 Å². The first-order chi connectivity index (χ1) is 12.9. The van der Waals surface area contributed by atoms with Crippen molar-refractivity contribution in [3.05, 3.63) is 45.7 Å². The number of hydrogen-bond donors (Lipinski definition) is 1. The minimum Gasteiger partial charge on any atom is -0.465 e. The molecule has 1 aromatic heterocycles. The van der Waals surface area contributed by atoms with Gasteiger partial charge in [0.2, 0.25) is 5.95 Å². The summed E-state index contributed by atoms with van der Waals surface area (Å²) in [4.78, 5) is 35.3. The van der Waals surface area contributed by atoms with Crippen LogP contribution < -0.4 is 10.2 Å². The number of amides is 1. The fraction of sp³-hybridized carbons (Fsp3) is 0.368. The van der Waals surface area contributed by atoms with E-state index in [0.29, 0.717) is 17.2 Å². The second-order valence-electron chi connectivity index (χ2n) is 6.47. The minimum absolute atomic E-state index is 0.103. The molecule has 2 aromatic rings. The Morgan fingerprint density at radius 3 is 2.59 bits per heavy atom. The zero-order valence-corrected chi connectivity index (χ0v) is 16.3. The highest BCUT2D eigenvalue weighted by molar-refractivity contribution is 6.34. The van der Waals surface area contributed by atoms with E-state index in [4.69, 9.17) is 16.3 Å². The van der Waals surface area contributed by atoms with E-state index < -0.39 is 11.9 Å². The van der Waals surface area contributed by atoms with Crippen molar-refractivity contribution >= 4 is 35.1 Å². The topological polar surface area (TPSA) is 84.4 Å². The molecule has 0 saturated carbocycles. The quantitative estimate of drug-likeness (QED) is 0.808. The predicted molar refractivity (Wildman–Crippen MR) is 104 cm³/mol. The molecular formula is C19H21ClN4O3. The van der Waals surface area contributed by atoms with Crippen molar-refractivity contribution in [1.29, 1.82) is 0 Å². The van der Waals surface area contributed by atoms with E-state index in [1.165, 1.54) is 13.3 Å². The van der Waals surface area contributed by atoms with Crippen molar-refractivity contribution in [2.24, 2.45) is 0 Å². The maximum atomic E-state index is 12.7. The summed E-state index contributed by atoms with van der Waals surface area (Å²) in [6.07, 6.45) is 3.59. The van der Waals surface area contributed by atoms with Crippen molar-refractivity contribution in [3.8, 4) is 0 Å². The molecule has 0 aliphatic carbocycles. The van der Waals surface area contributed by atoms with Crippen LogP contribution in [0.5, 0.6) is 0 Å². The predicted octanol–water partition coefficient (Wildman–Crippen LogP) is 3.39. The maximum absolute atomic E-state index is 12.7. The number of carbonyl (C=O) groups excluding carboxylic acids is 2. The summed E-state index contributed by atoms with van der Waals surface area (Å²) in [5, 5.41) is 2.94. The van der Waals surface area contributed by atoms with Crippen LogP contribution in [0.3, 0.4) is 0 Å². The lowest BCUT2D eigenvalue weighted by molar-refractivity contribution is 0.0599. The summed E-state index contributed by atoms with van der Waals surface area (Å²) in [7, 11) is 1.32. The largest absolute Gasteiger partial charge is 0.465 e. The number of hydrogen-bond acceptors (Lipinski definition) is 6. The molecule has 142 valence electrons. The third kappa shape index (κ3) is 4.03. The zero-order chi connectivity index (χ0) is 19.6. The van der Waals surface area contributed by atoms with Crippen LogP contribution in [0.2, 0.25) is 5.02 Å². The van der Waals surface area contributed by atoms with E-state index >= 15 is 0 Å². The van der Waals surface area contributed by atoms with Crippen molar-refractivity contribution in [3.63, 3.8) is 0 Å². The molecule has 1 aliphatic rings. The van der Waals surface area contributed by atoms with Gasteiger partial charge in [0.15, 0.2) is 5.69 Å². The lowest BCUT2D eigenvalue weighted by Gasteiger charge is -2.16. The van der Waals surface area contributed by atoms with Gasteiger partial charge < -0.3 is 15.0 Å². The van der Waals surface area contributed by atoms with E-state index in [2.05, 4.69) is 15.3 Å². The molecule has 0 atom stereocenters. The number of methoxy groups -OCH3 is 1. The van der Waals surface area contributed by atoms with Crippen molar-refractivity contribution in [1.82, 2.24) is 9.97 Å². The van der Waals surface area contributed by atoms with Crippen LogP contribution in [-0.2, 0) is 4.74 Å². The van der Waals surface area contributed by atoms with Crippen LogP contribution in [0, 0.1) is 13.8 Å². The van der Waals surface area contributed by atoms with Crippen LogP contribution in [0.15, 0.2) is 18.3 Å². The Hall–Kier alpha value is -2.67. The van der Waals surface area contributed by atoms with E-state index in [1.807, 2.05) is 18.7 Å². The van der Waals surface area contributed by atoms with Crippen molar-refractivity contribution in [2.45, 2.75) is 26.7 Å². The highest BCUT2D eigenvalue weighted by Crippen LogP contribution is 2.23. The summed E-state index contributed by atoms with van der Waals surface area (Å²) >= 11 is 6.15. The number of ether oxygens (including phenoxy) is 1. The van der Waals surface area contributed by atoms with Crippen LogP contribution in [0.1, 0.15) is 44.8 Å². The van der Waals surface area contributed by atoms with Gasteiger partial charge in [0.25, 0.3) is 5.91 Å². The van der Waals surface area contributed by atoms with Gasteiger partial charge in [0, 0.05) is 18.8 Å². The monoisotopic (exact) mass is 388 g/mol. The van der Waals surface area contributed by atoms with E-state index in [0.717, 1.165) is 37.1 Å². The zero-order valence-electron chi connectivity index (χ0n) is 15.5. The Balaban J connectivity index is 1.88. The summed E-state index contributed by atoms with van der Waals surface area (Å²) in [6.45, 7) is 5.42. The molecule has 8 heteroatoms. The first kappa shape index (κ1) is 19.1. The Bertz CT molecular complexity index is 895. The molecule has 1 aromatic carbocycles. The van der Waals surface area contributed by atoms with E-state index in [-0.39, 0.29) is 10.7 Å². The van der Waals surface area contributed by atoms with E-state index in [9.17, 15) is 9.59 Å². The number of anilines is 2. The number of aromatic nitrogens is 2. The molecule has 1 N–H and O–H groups in total. The molecule has 0 unspecified atom stereocenters. The van der Waals surface area contributed by atoms with Crippen molar-refractivity contribution in [2.75, 3.05) is 30.4 Å². The molecule has 3 rings (SSSR count). The Morgan fingerprint density at radius 2 is 1.93 bits per heavy atom. The molecule has 1 amide bonds. The molecule has 1 fully saturated rings. The molecule has 0 radical (unpaired) electrons. The van der Waals surface area contributed by atoms with Crippen LogP contribution in [0.4, 0.5) is 11.6 Å². The van der Waals surface area contributed by atoms with Gasteiger partial charge in [-0.3, -0.25) is 4.79 Å². The number of benzene rings is 1. The molecule has 27 heavy (non-hydrogen) atoms. The normalized spacial score (nSPS) is 13.6. The standard InChI is InChI=1S/C19H21ClN4O3/c1-11-8-13(9-14(12(11)2)18(26)27-3)22-17(25)16-15(20)10-21-19(23-16)24-6-4-5-7-24/h8-10H,4-7H2,1-3H3,(H,22,25). The van der Waals surface area contributed by atoms with Gasteiger partial charge in [0.05, 0.1) is 23.9 Å². The number of aryl methyl sites for hydroxylation is 1. The third-order valence-corrected chi connectivity index (χ3v) is 4.94. The summed E-state index contributed by atoms with van der Waals surface area (Å²) in [6, 6.07) is 3.37. The van der Waals surface area contributed by atoms with Crippen LogP contribution in [-0.4, -0.2) is 42.0 Å². The maximum Gasteiger partial charge on any atom is 0.338 e. The van der Waals surface area contributed by atoms with Crippen molar-refractivity contribution < 1.29 is 14.3 Å². The summed E-state index contributed by atoms with van der Waals surface area (Å²) in [5.74, 6) is -0.414. The number of nitrogens with one attached hydrogen (secondary N) is 1. The molecule has 1 saturated heterocycles. The fourth-order valence-corrected chi connectivity index (χ4v) is 3.21. The average molecular weight is 389 g/mol. The highest BCUT2D eigenvalue weighted by atomic mass is 35.5. The average Bonchev–Trinajstić information content (AvgIpc) is 3.19. The van der Waals surface area contributed by atoms with Gasteiger partial charge in [-0.05, 0) is 49.9 Å². The first-order valence-corrected chi connectivity index (χ1v) is 9.07. The molecular weight excluding hydrogens is 368 g/mol. The second kappa shape index (κ2) is 7.92. The summed E-state index contributed by atoms with van der Waals surface area (Å²) < 4.78 is 4.81. The second-order valence-corrected chi connectivity index (χ2v) is 6.88. The lowest BCUT2D eigenvalue weighted by Crippen LogP contribution is -2.23. The SMILES string of the molecule is COC(=O)c1cc(NC(=O)c2nc(N3CCCC3)ncc2Cl)cc(C)c1C. The van der Waals surface area contributed by atoms with Gasteiger partial charge >= 0.3 is 5.97 Å². The minimum atomic E-state index is -0.457. The van der Waals surface area contributed by atoms with Gasteiger partial charge in [-0.15, -0.1) is 0 Å². The van der Waals surface area contributed by atoms with E-state index in [1.54, 1.807) is 12.1 Å². The highest BCUT2D eigenvalue weighted by Gasteiger charge is 2.20. The Labute approximate surface area is 162 Å². The van der Waals surface area contributed by atoms with Gasteiger partial charge in [-0.2, -0.15) is 0 Å². The third-order valence-electron chi connectivity index (χ3n) is 4.67. The van der Waals surface area contributed by atoms with Gasteiger partial charge in [0.1, 0.15) is 0 Å². The molecule has 1 aliphatic heterocycles. The van der Waals surface area contributed by atoms with Gasteiger partial charge in [-0.1, -0.05) is 11.6 Å². The number of rotatable bonds is 4. The molecule has 0 bridgehead atoms. The molecule has 0 spiro atoms. The first-order valence-electron chi connectivity index (χ1n) is 8.69. The number of carbonyl (C=O) groups is 2. The van der Waals surface area contributed by atoms with Gasteiger partial charge in [-0.25, -0.2) is 14.8 Å². The molecule has 7 nitrogen and oxygen atoms in total.